The second kappa shape index (κ2) is 12.7. The van der Waals surface area contributed by atoms with E-state index in [0.717, 1.165) is 72.0 Å². The van der Waals surface area contributed by atoms with Gasteiger partial charge in [0.25, 0.3) is 0 Å². The van der Waals surface area contributed by atoms with Gasteiger partial charge >= 0.3 is 0 Å². The van der Waals surface area contributed by atoms with E-state index in [1.54, 1.807) is 0 Å². The third-order valence-corrected chi connectivity index (χ3v) is 9.21. The van der Waals surface area contributed by atoms with Crippen LogP contribution in [0.4, 0.5) is 0 Å². The largest absolute Gasteiger partial charge is 0.455 e. The van der Waals surface area contributed by atoms with Crippen LogP contribution in [-0.2, 0) is 0 Å². The number of para-hydroxylation sites is 1. The van der Waals surface area contributed by atoms with E-state index in [1.165, 1.54) is 0 Å². The van der Waals surface area contributed by atoms with Crippen molar-refractivity contribution in [3.05, 3.63) is 175 Å². The number of nitriles is 1. The van der Waals surface area contributed by atoms with Crippen LogP contribution in [0.5, 0.6) is 0 Å². The molecule has 0 spiro atoms. The van der Waals surface area contributed by atoms with Crippen molar-refractivity contribution in [3.8, 4) is 73.6 Å². The number of nitrogens with zero attached hydrogens (tertiary/aromatic N) is 4. The van der Waals surface area contributed by atoms with Crippen molar-refractivity contribution in [3.63, 3.8) is 0 Å². The number of hydrogen-bond donors (Lipinski definition) is 0. The predicted molar refractivity (Wildman–Crippen MR) is 204 cm³/mol. The highest BCUT2D eigenvalue weighted by atomic mass is 16.3. The highest BCUT2D eigenvalue weighted by Crippen LogP contribution is 2.42. The summed E-state index contributed by atoms with van der Waals surface area (Å²) in [4.78, 5) is 15.3. The van der Waals surface area contributed by atoms with Gasteiger partial charge in [-0.3, -0.25) is 0 Å². The molecule has 51 heavy (non-hydrogen) atoms. The lowest BCUT2D eigenvalue weighted by Crippen LogP contribution is -2.01. The molecular weight excluding hydrogens is 625 g/mol. The monoisotopic (exact) mass is 652 g/mol. The molecule has 0 saturated carbocycles. The van der Waals surface area contributed by atoms with Gasteiger partial charge in [-0.1, -0.05) is 146 Å². The topological polar surface area (TPSA) is 75.6 Å². The lowest BCUT2D eigenvalue weighted by molar-refractivity contribution is 0.669. The first kappa shape index (κ1) is 29.9. The smallest absolute Gasteiger partial charge is 0.168 e. The summed E-state index contributed by atoms with van der Waals surface area (Å²) in [6.45, 7) is 0. The van der Waals surface area contributed by atoms with E-state index in [4.69, 9.17) is 19.4 Å². The molecule has 2 heterocycles. The summed E-state index contributed by atoms with van der Waals surface area (Å²) in [6.07, 6.45) is 0. The minimum atomic E-state index is 0.524. The SMILES string of the molecule is N#Cc1cccc(-c2ccc(-c3ccc4c(oc5ccccc54)c3-c3nc(-c4ccccc4)nc(-c4ccc(-c5ccccc5)cc4)n3)cc2)c1. The van der Waals surface area contributed by atoms with Crippen LogP contribution in [0.25, 0.3) is 89.5 Å². The zero-order valence-corrected chi connectivity index (χ0v) is 27.4. The molecule has 0 aliphatic carbocycles. The molecule has 0 aliphatic heterocycles. The van der Waals surface area contributed by atoms with Gasteiger partial charge in [-0.05, 0) is 57.6 Å². The van der Waals surface area contributed by atoms with Crippen molar-refractivity contribution >= 4 is 21.9 Å². The van der Waals surface area contributed by atoms with Crippen LogP contribution in [-0.4, -0.2) is 15.0 Å². The van der Waals surface area contributed by atoms with Gasteiger partial charge in [-0.2, -0.15) is 5.26 Å². The Labute approximate surface area is 294 Å². The third-order valence-electron chi connectivity index (χ3n) is 9.21. The van der Waals surface area contributed by atoms with Crippen LogP contribution in [0.1, 0.15) is 5.56 Å². The molecule has 0 radical (unpaired) electrons. The molecule has 2 aromatic heterocycles. The lowest BCUT2D eigenvalue weighted by Gasteiger charge is -2.13. The first-order chi connectivity index (χ1) is 25.2. The summed E-state index contributed by atoms with van der Waals surface area (Å²) in [5, 5.41) is 11.5. The molecule has 0 unspecified atom stereocenters. The lowest BCUT2D eigenvalue weighted by atomic mass is 9.94. The molecule has 0 fully saturated rings. The highest BCUT2D eigenvalue weighted by Gasteiger charge is 2.22. The molecule has 7 aromatic carbocycles. The van der Waals surface area contributed by atoms with Crippen LogP contribution in [0, 0.1) is 11.3 Å². The second-order valence-corrected chi connectivity index (χ2v) is 12.3. The number of benzene rings is 7. The average molecular weight is 653 g/mol. The van der Waals surface area contributed by atoms with Crippen LogP contribution in [0.3, 0.4) is 0 Å². The molecule has 0 bridgehead atoms. The van der Waals surface area contributed by atoms with Gasteiger partial charge in [-0.15, -0.1) is 0 Å². The maximum atomic E-state index is 9.45. The summed E-state index contributed by atoms with van der Waals surface area (Å²) >= 11 is 0. The number of hydrogen-bond acceptors (Lipinski definition) is 5. The summed E-state index contributed by atoms with van der Waals surface area (Å²) in [7, 11) is 0. The molecule has 0 N–H and O–H groups in total. The highest BCUT2D eigenvalue weighted by molar-refractivity contribution is 6.12. The Morgan fingerprint density at radius 2 is 0.941 bits per heavy atom. The van der Waals surface area contributed by atoms with Gasteiger partial charge < -0.3 is 4.42 Å². The molecule has 5 heteroatoms. The van der Waals surface area contributed by atoms with Gasteiger partial charge in [-0.25, -0.2) is 15.0 Å². The van der Waals surface area contributed by atoms with Gasteiger partial charge in [0, 0.05) is 21.9 Å². The summed E-state index contributed by atoms with van der Waals surface area (Å²) < 4.78 is 6.64. The van der Waals surface area contributed by atoms with Crippen molar-refractivity contribution in [2.75, 3.05) is 0 Å². The summed E-state index contributed by atoms with van der Waals surface area (Å²) in [5.74, 6) is 1.68. The van der Waals surface area contributed by atoms with Gasteiger partial charge in [0.15, 0.2) is 17.5 Å². The fourth-order valence-electron chi connectivity index (χ4n) is 6.64. The molecule has 0 amide bonds. The summed E-state index contributed by atoms with van der Waals surface area (Å²) in [5.41, 5.74) is 10.9. The molecule has 0 saturated heterocycles. The van der Waals surface area contributed by atoms with Gasteiger partial charge in [0.2, 0.25) is 0 Å². The van der Waals surface area contributed by atoms with Crippen molar-refractivity contribution in [1.82, 2.24) is 15.0 Å². The molecule has 238 valence electrons. The Hall–Kier alpha value is -7.16. The van der Waals surface area contributed by atoms with E-state index in [1.807, 2.05) is 91.0 Å². The third kappa shape index (κ3) is 5.61. The van der Waals surface area contributed by atoms with Crippen molar-refractivity contribution in [2.24, 2.45) is 0 Å². The van der Waals surface area contributed by atoms with Crippen LogP contribution >= 0.6 is 0 Å². The van der Waals surface area contributed by atoms with Crippen LogP contribution in [0.15, 0.2) is 174 Å². The second-order valence-electron chi connectivity index (χ2n) is 12.3. The molecule has 0 atom stereocenters. The quantitative estimate of drug-likeness (QED) is 0.179. The van der Waals surface area contributed by atoms with Crippen LogP contribution in [0.2, 0.25) is 0 Å². The first-order valence-electron chi connectivity index (χ1n) is 16.7. The van der Waals surface area contributed by atoms with E-state index < -0.39 is 0 Å². The molecule has 9 aromatic rings. The van der Waals surface area contributed by atoms with Crippen molar-refractivity contribution in [2.45, 2.75) is 0 Å². The minimum absolute atomic E-state index is 0.524. The standard InChI is InChI=1S/C46H28N4O/c47-29-30-10-9-15-37(28-30)33-18-22-34(23-19-33)38-26-27-40-39-16-7-8-17-41(39)51-43(40)42(38)46-49-44(35-13-5-2-6-14-35)48-45(50-46)36-24-20-32(21-25-36)31-11-3-1-4-12-31/h1-28H. The Morgan fingerprint density at radius 3 is 1.65 bits per heavy atom. The minimum Gasteiger partial charge on any atom is -0.455 e. The van der Waals surface area contributed by atoms with E-state index in [-0.39, 0.29) is 0 Å². The Kier molecular flexibility index (Phi) is 7.46. The number of rotatable bonds is 6. The van der Waals surface area contributed by atoms with E-state index in [0.29, 0.717) is 23.0 Å². The van der Waals surface area contributed by atoms with Gasteiger partial charge in [0.05, 0.1) is 17.2 Å². The first-order valence-corrected chi connectivity index (χ1v) is 16.7. The molecular formula is C46H28N4O. The Balaban J connectivity index is 1.25. The maximum Gasteiger partial charge on any atom is 0.168 e. The van der Waals surface area contributed by atoms with Crippen molar-refractivity contribution < 1.29 is 4.42 Å². The van der Waals surface area contributed by atoms with Crippen molar-refractivity contribution in [1.29, 1.82) is 5.26 Å². The fourth-order valence-corrected chi connectivity index (χ4v) is 6.64. The van der Waals surface area contributed by atoms with Gasteiger partial charge in [0.1, 0.15) is 11.2 Å². The van der Waals surface area contributed by atoms with E-state index in [9.17, 15) is 5.26 Å². The number of aromatic nitrogens is 3. The normalized spacial score (nSPS) is 11.1. The average Bonchev–Trinajstić information content (AvgIpc) is 3.60. The van der Waals surface area contributed by atoms with E-state index in [2.05, 4.69) is 84.9 Å². The fraction of sp³-hybridized carbons (Fsp3) is 0. The number of fused-ring (bicyclic) bond motifs is 3. The zero-order valence-electron chi connectivity index (χ0n) is 27.4. The zero-order chi connectivity index (χ0) is 34.1. The molecule has 5 nitrogen and oxygen atoms in total. The maximum absolute atomic E-state index is 9.45. The predicted octanol–water partition coefficient (Wildman–Crippen LogP) is 11.6. The summed E-state index contributed by atoms with van der Waals surface area (Å²) in [6, 6.07) is 59.3. The van der Waals surface area contributed by atoms with E-state index >= 15 is 0 Å². The molecule has 9 rings (SSSR count). The van der Waals surface area contributed by atoms with Crippen LogP contribution < -0.4 is 0 Å². The molecule has 0 aliphatic rings. The Morgan fingerprint density at radius 1 is 0.412 bits per heavy atom. The Bertz CT molecular complexity index is 2730. The number of furan rings is 1.